The molecule has 1 amide bonds. The van der Waals surface area contributed by atoms with Crippen LogP contribution in [0.4, 0.5) is 17.3 Å². The van der Waals surface area contributed by atoms with Gasteiger partial charge in [-0.3, -0.25) is 4.79 Å². The van der Waals surface area contributed by atoms with E-state index in [1.54, 1.807) is 36.4 Å². The van der Waals surface area contributed by atoms with Crippen LogP contribution in [-0.4, -0.2) is 23.0 Å². The molecule has 0 unspecified atom stereocenters. The highest BCUT2D eigenvalue weighted by Gasteiger charge is 2.12. The van der Waals surface area contributed by atoms with E-state index >= 15 is 0 Å². The van der Waals surface area contributed by atoms with Gasteiger partial charge in [0.2, 0.25) is 5.95 Å². The van der Waals surface area contributed by atoms with Crippen LogP contribution in [0.1, 0.15) is 10.5 Å². The summed E-state index contributed by atoms with van der Waals surface area (Å²) in [6.07, 6.45) is 1.48. The second kappa shape index (κ2) is 8.03. The van der Waals surface area contributed by atoms with Gasteiger partial charge in [-0.05, 0) is 36.4 Å². The van der Waals surface area contributed by atoms with Crippen LogP contribution in [0, 0.1) is 0 Å². The SMILES string of the molecule is COc1ccccc1NC(=O)c1ccnc(Nc2ccc(Cl)cc2Cl)n1. The number of carbonyl (C=O) groups is 1. The van der Waals surface area contributed by atoms with Gasteiger partial charge < -0.3 is 15.4 Å². The average Bonchev–Trinajstić information content (AvgIpc) is 2.65. The number of hydrogen-bond donors (Lipinski definition) is 2. The topological polar surface area (TPSA) is 76.1 Å². The number of carbonyl (C=O) groups excluding carboxylic acids is 1. The van der Waals surface area contributed by atoms with E-state index in [0.717, 1.165) is 0 Å². The number of amides is 1. The van der Waals surface area contributed by atoms with E-state index in [1.165, 1.54) is 19.4 Å². The van der Waals surface area contributed by atoms with Gasteiger partial charge in [0.25, 0.3) is 5.91 Å². The smallest absolute Gasteiger partial charge is 0.274 e. The molecule has 0 spiro atoms. The molecule has 0 atom stereocenters. The number of methoxy groups -OCH3 is 1. The number of anilines is 3. The number of rotatable bonds is 5. The largest absolute Gasteiger partial charge is 0.495 e. The first-order chi connectivity index (χ1) is 12.6. The quantitative estimate of drug-likeness (QED) is 0.656. The van der Waals surface area contributed by atoms with Crippen molar-refractivity contribution in [2.24, 2.45) is 0 Å². The minimum absolute atomic E-state index is 0.193. The van der Waals surface area contributed by atoms with Crippen molar-refractivity contribution >= 4 is 46.4 Å². The summed E-state index contributed by atoms with van der Waals surface area (Å²) in [5, 5.41) is 6.67. The molecule has 3 rings (SSSR count). The molecular weight excluding hydrogens is 375 g/mol. The van der Waals surface area contributed by atoms with Gasteiger partial charge in [0, 0.05) is 11.2 Å². The Labute approximate surface area is 160 Å². The van der Waals surface area contributed by atoms with Crippen LogP contribution < -0.4 is 15.4 Å². The standard InChI is InChI=1S/C18H14Cl2N4O2/c1-26-16-5-3-2-4-14(16)22-17(25)15-8-9-21-18(24-15)23-13-7-6-11(19)10-12(13)20/h2-10H,1H3,(H,22,25)(H,21,23,24). The zero-order valence-electron chi connectivity index (χ0n) is 13.7. The first-order valence-electron chi connectivity index (χ1n) is 7.56. The first-order valence-corrected chi connectivity index (χ1v) is 8.32. The van der Waals surface area contributed by atoms with Crippen LogP contribution >= 0.6 is 23.2 Å². The van der Waals surface area contributed by atoms with Crippen LogP contribution in [-0.2, 0) is 0 Å². The Morgan fingerprint density at radius 2 is 1.88 bits per heavy atom. The van der Waals surface area contributed by atoms with Crippen LogP contribution in [0.25, 0.3) is 0 Å². The Balaban J connectivity index is 1.79. The second-order valence-corrected chi connectivity index (χ2v) is 6.01. The summed E-state index contributed by atoms with van der Waals surface area (Å²) < 4.78 is 5.22. The highest BCUT2D eigenvalue weighted by Crippen LogP contribution is 2.27. The normalized spacial score (nSPS) is 10.3. The Hall–Kier alpha value is -2.83. The highest BCUT2D eigenvalue weighted by atomic mass is 35.5. The van der Waals surface area contributed by atoms with E-state index in [0.29, 0.717) is 27.2 Å². The molecular formula is C18H14Cl2N4O2. The number of nitrogens with one attached hydrogen (secondary N) is 2. The van der Waals surface area contributed by atoms with E-state index in [-0.39, 0.29) is 17.5 Å². The molecule has 0 aliphatic rings. The Bertz CT molecular complexity index is 950. The first kappa shape index (κ1) is 18.0. The molecule has 2 aromatic carbocycles. The third-order valence-electron chi connectivity index (χ3n) is 3.42. The molecule has 2 N–H and O–H groups in total. The van der Waals surface area contributed by atoms with Crippen molar-refractivity contribution in [2.75, 3.05) is 17.7 Å². The Kier molecular flexibility index (Phi) is 5.55. The Morgan fingerprint density at radius 3 is 2.65 bits per heavy atom. The molecule has 8 heteroatoms. The van der Waals surface area contributed by atoms with Crippen molar-refractivity contribution in [1.82, 2.24) is 9.97 Å². The second-order valence-electron chi connectivity index (χ2n) is 5.17. The fraction of sp³-hybridized carbons (Fsp3) is 0.0556. The molecule has 6 nitrogen and oxygen atoms in total. The van der Waals surface area contributed by atoms with Gasteiger partial charge in [-0.15, -0.1) is 0 Å². The third kappa shape index (κ3) is 4.22. The van der Waals surface area contributed by atoms with E-state index in [1.807, 2.05) is 6.07 Å². The number of aromatic nitrogens is 2. The summed E-state index contributed by atoms with van der Waals surface area (Å²) in [5.74, 6) is 0.408. The third-order valence-corrected chi connectivity index (χ3v) is 3.97. The van der Waals surface area contributed by atoms with Crippen LogP contribution in [0.5, 0.6) is 5.75 Å². The van der Waals surface area contributed by atoms with Gasteiger partial charge in [-0.2, -0.15) is 0 Å². The summed E-state index contributed by atoms with van der Waals surface area (Å²) in [7, 11) is 1.54. The molecule has 0 radical (unpaired) electrons. The molecule has 0 saturated heterocycles. The van der Waals surface area contributed by atoms with E-state index < -0.39 is 0 Å². The lowest BCUT2D eigenvalue weighted by atomic mass is 10.2. The predicted octanol–water partition coefficient (Wildman–Crippen LogP) is 4.79. The number of ether oxygens (including phenoxy) is 1. The zero-order chi connectivity index (χ0) is 18.5. The van der Waals surface area contributed by atoms with Crippen LogP contribution in [0.2, 0.25) is 10.0 Å². The number of para-hydroxylation sites is 2. The van der Waals surface area contributed by atoms with Crippen molar-refractivity contribution in [2.45, 2.75) is 0 Å². The van der Waals surface area contributed by atoms with Gasteiger partial charge in [0.15, 0.2) is 0 Å². The molecule has 1 aromatic heterocycles. The molecule has 0 saturated carbocycles. The zero-order valence-corrected chi connectivity index (χ0v) is 15.2. The van der Waals surface area contributed by atoms with Crippen molar-refractivity contribution in [3.8, 4) is 5.75 Å². The van der Waals surface area contributed by atoms with Gasteiger partial charge >= 0.3 is 0 Å². The summed E-state index contributed by atoms with van der Waals surface area (Å²) >= 11 is 12.0. The molecule has 0 bridgehead atoms. The van der Waals surface area contributed by atoms with Crippen molar-refractivity contribution in [3.05, 3.63) is 70.5 Å². The molecule has 26 heavy (non-hydrogen) atoms. The Morgan fingerprint density at radius 1 is 1.08 bits per heavy atom. The summed E-state index contributed by atoms with van der Waals surface area (Å²) in [6, 6.07) is 13.6. The van der Waals surface area contributed by atoms with Crippen molar-refractivity contribution < 1.29 is 9.53 Å². The van der Waals surface area contributed by atoms with Gasteiger partial charge in [0.1, 0.15) is 11.4 Å². The highest BCUT2D eigenvalue weighted by molar-refractivity contribution is 6.36. The molecule has 0 aliphatic heterocycles. The average molecular weight is 389 g/mol. The van der Waals surface area contributed by atoms with Gasteiger partial charge in [0.05, 0.1) is 23.5 Å². The lowest BCUT2D eigenvalue weighted by Crippen LogP contribution is -2.15. The number of benzene rings is 2. The molecule has 132 valence electrons. The number of nitrogens with zero attached hydrogens (tertiary/aromatic N) is 2. The maximum Gasteiger partial charge on any atom is 0.274 e. The molecule has 3 aromatic rings. The van der Waals surface area contributed by atoms with E-state index in [2.05, 4.69) is 20.6 Å². The maximum absolute atomic E-state index is 12.5. The monoisotopic (exact) mass is 388 g/mol. The van der Waals surface area contributed by atoms with Crippen molar-refractivity contribution in [1.29, 1.82) is 0 Å². The van der Waals surface area contributed by atoms with Crippen molar-refractivity contribution in [3.63, 3.8) is 0 Å². The molecule has 0 aliphatic carbocycles. The fourth-order valence-corrected chi connectivity index (χ4v) is 2.65. The predicted molar refractivity (Wildman–Crippen MR) is 103 cm³/mol. The van der Waals surface area contributed by atoms with Crippen LogP contribution in [0.3, 0.4) is 0 Å². The maximum atomic E-state index is 12.5. The minimum Gasteiger partial charge on any atom is -0.495 e. The lowest BCUT2D eigenvalue weighted by molar-refractivity contribution is 0.102. The van der Waals surface area contributed by atoms with Gasteiger partial charge in [-0.25, -0.2) is 9.97 Å². The van der Waals surface area contributed by atoms with E-state index in [9.17, 15) is 4.79 Å². The van der Waals surface area contributed by atoms with Gasteiger partial charge in [-0.1, -0.05) is 35.3 Å². The summed E-state index contributed by atoms with van der Waals surface area (Å²) in [5.41, 5.74) is 1.32. The molecule has 1 heterocycles. The summed E-state index contributed by atoms with van der Waals surface area (Å²) in [6.45, 7) is 0. The number of halogens is 2. The fourth-order valence-electron chi connectivity index (χ4n) is 2.19. The van der Waals surface area contributed by atoms with Crippen LogP contribution in [0.15, 0.2) is 54.7 Å². The molecule has 0 fully saturated rings. The lowest BCUT2D eigenvalue weighted by Gasteiger charge is -2.10. The summed E-state index contributed by atoms with van der Waals surface area (Å²) in [4.78, 5) is 20.8. The van der Waals surface area contributed by atoms with E-state index in [4.69, 9.17) is 27.9 Å². The minimum atomic E-state index is -0.387. The number of hydrogen-bond acceptors (Lipinski definition) is 5.